The van der Waals surface area contributed by atoms with E-state index in [2.05, 4.69) is 16.1 Å². The van der Waals surface area contributed by atoms with Gasteiger partial charge in [-0.1, -0.05) is 18.2 Å². The number of ether oxygens (including phenoxy) is 1. The summed E-state index contributed by atoms with van der Waals surface area (Å²) in [5, 5.41) is 6.15. The fourth-order valence-corrected chi connectivity index (χ4v) is 4.08. The van der Waals surface area contributed by atoms with Gasteiger partial charge >= 0.3 is 6.09 Å². The van der Waals surface area contributed by atoms with Gasteiger partial charge in [0.15, 0.2) is 0 Å². The van der Waals surface area contributed by atoms with Crippen LogP contribution in [0.25, 0.3) is 0 Å². The molecular weight excluding hydrogens is 467 g/mol. The Morgan fingerprint density at radius 2 is 1.75 bits per heavy atom. The van der Waals surface area contributed by atoms with Crippen molar-refractivity contribution >= 4 is 40.9 Å². The molecule has 1 heterocycles. The molecule has 2 atom stereocenters. The van der Waals surface area contributed by atoms with Crippen LogP contribution in [-0.4, -0.2) is 29.4 Å². The van der Waals surface area contributed by atoms with Gasteiger partial charge in [0.25, 0.3) is 5.91 Å². The van der Waals surface area contributed by atoms with Crippen molar-refractivity contribution in [3.05, 3.63) is 66.0 Å². The zero-order valence-electron chi connectivity index (χ0n) is 20.1. The first kappa shape index (κ1) is 24.9. The molecule has 1 fully saturated rings. The summed E-state index contributed by atoms with van der Waals surface area (Å²) >= 11 is 0. The van der Waals surface area contributed by atoms with Crippen LogP contribution in [0, 0.1) is 17.7 Å². The largest absolute Gasteiger partial charge is 0.444 e. The number of allylic oxidation sites excluding steroid dienone is 2. The summed E-state index contributed by atoms with van der Waals surface area (Å²) in [4.78, 5) is 50.5. The number of carbonyl (C=O) groups excluding carboxylic acids is 4. The zero-order valence-corrected chi connectivity index (χ0v) is 20.1. The topological polar surface area (TPSA) is 117 Å². The standard InChI is InChI=1S/C26H27FN4O5/c1-26(2,3)36-25(35)29-21-14-16(11-12-20(21)27)28-22(32)15-7-6-8-17(13-15)31-24(34)19-10-5-4-9-18(19)23(33)30-31/h4-8,11-14,18-19H,9-10H2,1-3H3,(H,28,32)(H,29,35)(H,30,33). The van der Waals surface area contributed by atoms with E-state index in [1.807, 2.05) is 12.2 Å². The lowest BCUT2D eigenvalue weighted by atomic mass is 9.80. The summed E-state index contributed by atoms with van der Waals surface area (Å²) < 4.78 is 19.3. The lowest BCUT2D eigenvalue weighted by molar-refractivity contribution is -0.139. The van der Waals surface area contributed by atoms with Crippen LogP contribution in [0.15, 0.2) is 54.6 Å². The Balaban J connectivity index is 1.49. The van der Waals surface area contributed by atoms with Crippen LogP contribution in [0.1, 0.15) is 44.0 Å². The first-order valence-electron chi connectivity index (χ1n) is 11.5. The molecule has 0 saturated carbocycles. The van der Waals surface area contributed by atoms with Crippen molar-refractivity contribution in [3.63, 3.8) is 0 Å². The second-order valence-electron chi connectivity index (χ2n) is 9.63. The fourth-order valence-electron chi connectivity index (χ4n) is 4.08. The molecule has 9 nitrogen and oxygen atoms in total. The van der Waals surface area contributed by atoms with E-state index in [0.29, 0.717) is 18.5 Å². The summed E-state index contributed by atoms with van der Waals surface area (Å²) in [7, 11) is 0. The average molecular weight is 495 g/mol. The molecule has 2 aliphatic rings. The van der Waals surface area contributed by atoms with Crippen LogP contribution < -0.4 is 21.1 Å². The first-order chi connectivity index (χ1) is 17.0. The molecule has 2 unspecified atom stereocenters. The Bertz CT molecular complexity index is 1250. The van der Waals surface area contributed by atoms with E-state index in [4.69, 9.17) is 4.74 Å². The monoisotopic (exact) mass is 494 g/mol. The van der Waals surface area contributed by atoms with Gasteiger partial charge in [-0.25, -0.2) is 14.2 Å². The molecular formula is C26H27FN4O5. The number of halogens is 1. The molecule has 1 aliphatic carbocycles. The van der Waals surface area contributed by atoms with Gasteiger partial charge < -0.3 is 10.1 Å². The van der Waals surface area contributed by atoms with Gasteiger partial charge in [-0.15, -0.1) is 0 Å². The summed E-state index contributed by atoms with van der Waals surface area (Å²) in [5.74, 6) is -2.55. The number of hydrazine groups is 1. The molecule has 0 bridgehead atoms. The van der Waals surface area contributed by atoms with Crippen molar-refractivity contribution in [1.29, 1.82) is 0 Å². The highest BCUT2D eigenvalue weighted by atomic mass is 19.1. The molecule has 3 N–H and O–H groups in total. The average Bonchev–Trinajstić information content (AvgIpc) is 2.82. The highest BCUT2D eigenvalue weighted by Crippen LogP contribution is 2.32. The molecule has 0 spiro atoms. The number of anilines is 3. The smallest absolute Gasteiger partial charge is 0.412 e. The second kappa shape index (κ2) is 9.80. The van der Waals surface area contributed by atoms with E-state index in [0.717, 1.165) is 6.07 Å². The van der Waals surface area contributed by atoms with Gasteiger partial charge in [0.1, 0.15) is 11.4 Å². The maximum Gasteiger partial charge on any atom is 0.412 e. The van der Waals surface area contributed by atoms with Gasteiger partial charge in [0.05, 0.1) is 23.2 Å². The fraction of sp³-hybridized carbons (Fsp3) is 0.308. The Labute approximate surface area is 207 Å². The van der Waals surface area contributed by atoms with Crippen molar-refractivity contribution in [2.45, 2.75) is 39.2 Å². The molecule has 4 amide bonds. The SMILES string of the molecule is CC(C)(C)OC(=O)Nc1cc(NC(=O)c2cccc(N3NC(=O)C4CC=CCC4C3=O)c2)ccc1F. The zero-order chi connectivity index (χ0) is 26.0. The minimum absolute atomic E-state index is 0.159. The van der Waals surface area contributed by atoms with Crippen molar-refractivity contribution in [2.24, 2.45) is 11.8 Å². The lowest BCUT2D eigenvalue weighted by Crippen LogP contribution is -2.59. The number of rotatable bonds is 4. The summed E-state index contributed by atoms with van der Waals surface area (Å²) in [6, 6.07) is 9.97. The van der Waals surface area contributed by atoms with Gasteiger partial charge in [-0.05, 0) is 70.0 Å². The minimum atomic E-state index is -0.832. The van der Waals surface area contributed by atoms with Crippen LogP contribution in [0.5, 0.6) is 0 Å². The predicted octanol–water partition coefficient (Wildman–Crippen LogP) is 4.39. The number of nitrogens with one attached hydrogen (secondary N) is 3. The number of carbonyl (C=O) groups is 4. The second-order valence-corrected chi connectivity index (χ2v) is 9.63. The highest BCUT2D eigenvalue weighted by Gasteiger charge is 2.42. The molecule has 0 radical (unpaired) electrons. The molecule has 4 rings (SSSR count). The van der Waals surface area contributed by atoms with E-state index in [-0.39, 0.29) is 28.8 Å². The van der Waals surface area contributed by atoms with E-state index < -0.39 is 35.3 Å². The Hall–Kier alpha value is -4.21. The third-order valence-corrected chi connectivity index (χ3v) is 5.76. The predicted molar refractivity (Wildman–Crippen MR) is 132 cm³/mol. The molecule has 1 saturated heterocycles. The number of hydrogen-bond acceptors (Lipinski definition) is 5. The summed E-state index contributed by atoms with van der Waals surface area (Å²) in [6.07, 6.45) is 3.97. The van der Waals surface area contributed by atoms with E-state index in [1.165, 1.54) is 23.2 Å². The van der Waals surface area contributed by atoms with Crippen LogP contribution >= 0.6 is 0 Å². The molecule has 0 aromatic heterocycles. The molecule has 36 heavy (non-hydrogen) atoms. The quantitative estimate of drug-likeness (QED) is 0.545. The van der Waals surface area contributed by atoms with Crippen molar-refractivity contribution in [1.82, 2.24) is 5.43 Å². The molecule has 2 aromatic carbocycles. The number of amides is 4. The van der Waals surface area contributed by atoms with Gasteiger partial charge in [0.2, 0.25) is 11.8 Å². The maximum atomic E-state index is 14.2. The van der Waals surface area contributed by atoms with Crippen LogP contribution in [0.3, 0.4) is 0 Å². The summed E-state index contributed by atoms with van der Waals surface area (Å²) in [5.41, 5.74) is 2.50. The van der Waals surface area contributed by atoms with Crippen LogP contribution in [0.4, 0.5) is 26.2 Å². The maximum absolute atomic E-state index is 14.2. The molecule has 2 aromatic rings. The van der Waals surface area contributed by atoms with Crippen LogP contribution in [-0.2, 0) is 14.3 Å². The summed E-state index contributed by atoms with van der Waals surface area (Å²) in [6.45, 7) is 5.04. The van der Waals surface area contributed by atoms with Gasteiger partial charge in [-0.3, -0.25) is 25.1 Å². The number of fused-ring (bicyclic) bond motifs is 1. The Morgan fingerprint density at radius 3 is 2.47 bits per heavy atom. The third-order valence-electron chi connectivity index (χ3n) is 5.76. The van der Waals surface area contributed by atoms with Crippen LogP contribution in [0.2, 0.25) is 0 Å². The van der Waals surface area contributed by atoms with E-state index in [9.17, 15) is 23.6 Å². The third kappa shape index (κ3) is 5.54. The first-order valence-corrected chi connectivity index (χ1v) is 11.5. The van der Waals surface area contributed by atoms with Gasteiger partial charge in [-0.2, -0.15) is 0 Å². The van der Waals surface area contributed by atoms with Crippen molar-refractivity contribution in [2.75, 3.05) is 15.6 Å². The number of benzene rings is 2. The normalized spacial score (nSPS) is 19.3. The minimum Gasteiger partial charge on any atom is -0.444 e. The molecule has 188 valence electrons. The Kier molecular flexibility index (Phi) is 6.78. The Morgan fingerprint density at radius 1 is 1.03 bits per heavy atom. The number of hydrogen-bond donors (Lipinski definition) is 3. The van der Waals surface area contributed by atoms with E-state index >= 15 is 0 Å². The molecule has 10 heteroatoms. The lowest BCUT2D eigenvalue weighted by Gasteiger charge is -2.38. The highest BCUT2D eigenvalue weighted by molar-refractivity contribution is 6.07. The van der Waals surface area contributed by atoms with E-state index in [1.54, 1.807) is 39.0 Å². The van der Waals surface area contributed by atoms with Gasteiger partial charge in [0, 0.05) is 11.3 Å². The van der Waals surface area contributed by atoms with Crippen molar-refractivity contribution in [3.8, 4) is 0 Å². The number of nitrogens with zero attached hydrogens (tertiary/aromatic N) is 1. The molecule has 1 aliphatic heterocycles. The van der Waals surface area contributed by atoms with Crippen molar-refractivity contribution < 1.29 is 28.3 Å².